The summed E-state index contributed by atoms with van der Waals surface area (Å²) in [5.41, 5.74) is -0.577. The van der Waals surface area contributed by atoms with E-state index in [-0.39, 0.29) is 11.3 Å². The number of rotatable bonds is 2. The Labute approximate surface area is 111 Å². The zero-order chi connectivity index (χ0) is 13.7. The first-order valence-corrected chi connectivity index (χ1v) is 7.44. The second kappa shape index (κ2) is 4.33. The number of hydrogen-bond acceptors (Lipinski definition) is 2. The van der Waals surface area contributed by atoms with Crippen molar-refractivity contribution in [3.63, 3.8) is 0 Å². The van der Waals surface area contributed by atoms with Gasteiger partial charge in [-0.2, -0.15) is 0 Å². The van der Waals surface area contributed by atoms with Gasteiger partial charge in [0.1, 0.15) is 5.78 Å². The predicted octanol–water partition coefficient (Wildman–Crippen LogP) is 3.42. The third-order valence-electron chi connectivity index (χ3n) is 6.05. The molecule has 0 aromatic carbocycles. The summed E-state index contributed by atoms with van der Waals surface area (Å²) >= 11 is 0. The first-order valence-electron chi connectivity index (χ1n) is 7.44. The Hall–Kier alpha value is -0.370. The van der Waals surface area contributed by atoms with E-state index in [9.17, 15) is 9.90 Å². The standard InChI is InChI=1S/C16H28O2/c1-10(2)12-8-9-15(4,18)14-7-6-13(11(3)17)16(12,14)5/h10,12-14,18H,6-9H2,1-5H3. The van der Waals surface area contributed by atoms with E-state index in [0.29, 0.717) is 23.5 Å². The number of carbonyl (C=O) groups excluding carboxylic acids is 1. The summed E-state index contributed by atoms with van der Waals surface area (Å²) in [6, 6.07) is 0. The molecule has 0 radical (unpaired) electrons. The second-order valence-electron chi connectivity index (χ2n) is 7.41. The van der Waals surface area contributed by atoms with Crippen molar-refractivity contribution in [1.29, 1.82) is 0 Å². The highest BCUT2D eigenvalue weighted by Crippen LogP contribution is 2.62. The lowest BCUT2D eigenvalue weighted by atomic mass is 9.52. The van der Waals surface area contributed by atoms with E-state index in [1.165, 1.54) is 0 Å². The highest BCUT2D eigenvalue weighted by Gasteiger charge is 2.60. The van der Waals surface area contributed by atoms with Gasteiger partial charge < -0.3 is 5.11 Å². The van der Waals surface area contributed by atoms with Crippen molar-refractivity contribution in [3.8, 4) is 0 Å². The molecule has 0 amide bonds. The van der Waals surface area contributed by atoms with E-state index in [0.717, 1.165) is 25.7 Å². The summed E-state index contributed by atoms with van der Waals surface area (Å²) in [7, 11) is 0. The molecule has 0 saturated heterocycles. The third-order valence-corrected chi connectivity index (χ3v) is 6.05. The molecule has 0 spiro atoms. The number of aliphatic hydroxyl groups is 1. The van der Waals surface area contributed by atoms with Crippen LogP contribution < -0.4 is 0 Å². The summed E-state index contributed by atoms with van der Waals surface area (Å²) in [4.78, 5) is 12.0. The van der Waals surface area contributed by atoms with Gasteiger partial charge in [-0.1, -0.05) is 20.8 Å². The van der Waals surface area contributed by atoms with Crippen LogP contribution in [0.25, 0.3) is 0 Å². The SMILES string of the molecule is CC(=O)C1CCC2C(C)(O)CCC(C(C)C)C12C. The van der Waals surface area contributed by atoms with Crippen LogP contribution >= 0.6 is 0 Å². The molecular formula is C16H28O2. The molecule has 2 fully saturated rings. The van der Waals surface area contributed by atoms with Crippen LogP contribution in [-0.4, -0.2) is 16.5 Å². The normalized spacial score (nSPS) is 48.3. The molecule has 2 nitrogen and oxygen atoms in total. The predicted molar refractivity (Wildman–Crippen MR) is 73.2 cm³/mol. The topological polar surface area (TPSA) is 37.3 Å². The summed E-state index contributed by atoms with van der Waals surface area (Å²) in [5.74, 6) is 1.93. The van der Waals surface area contributed by atoms with Gasteiger partial charge in [0.05, 0.1) is 5.60 Å². The zero-order valence-corrected chi connectivity index (χ0v) is 12.5. The van der Waals surface area contributed by atoms with Crippen LogP contribution in [0.15, 0.2) is 0 Å². The molecule has 2 saturated carbocycles. The molecule has 5 atom stereocenters. The summed E-state index contributed by atoms with van der Waals surface area (Å²) in [6.07, 6.45) is 3.93. The van der Waals surface area contributed by atoms with Gasteiger partial charge in [-0.25, -0.2) is 0 Å². The van der Waals surface area contributed by atoms with Crippen molar-refractivity contribution in [3.05, 3.63) is 0 Å². The fourth-order valence-corrected chi connectivity index (χ4v) is 5.32. The van der Waals surface area contributed by atoms with Crippen molar-refractivity contribution in [1.82, 2.24) is 0 Å². The van der Waals surface area contributed by atoms with E-state index >= 15 is 0 Å². The highest BCUT2D eigenvalue weighted by atomic mass is 16.3. The minimum Gasteiger partial charge on any atom is -0.390 e. The van der Waals surface area contributed by atoms with Gasteiger partial charge in [-0.05, 0) is 62.7 Å². The third kappa shape index (κ3) is 1.84. The van der Waals surface area contributed by atoms with Gasteiger partial charge in [0.25, 0.3) is 0 Å². The maximum absolute atomic E-state index is 12.0. The Morgan fingerprint density at radius 3 is 2.33 bits per heavy atom. The minimum atomic E-state index is -0.579. The molecule has 2 heteroatoms. The summed E-state index contributed by atoms with van der Waals surface area (Å²) in [5, 5.41) is 10.7. The molecule has 0 heterocycles. The molecule has 2 aliphatic rings. The zero-order valence-electron chi connectivity index (χ0n) is 12.5. The molecule has 0 aromatic heterocycles. The lowest BCUT2D eigenvalue weighted by Gasteiger charge is -2.54. The lowest BCUT2D eigenvalue weighted by Crippen LogP contribution is -2.54. The van der Waals surface area contributed by atoms with Crippen molar-refractivity contribution in [2.45, 2.75) is 65.9 Å². The Balaban J connectivity index is 2.43. The molecule has 2 rings (SSSR count). The first kappa shape index (κ1) is 14.0. The number of carbonyl (C=O) groups is 1. The fraction of sp³-hybridized carbons (Fsp3) is 0.938. The van der Waals surface area contributed by atoms with Gasteiger partial charge in [0.15, 0.2) is 0 Å². The number of fused-ring (bicyclic) bond motifs is 1. The number of Topliss-reactive ketones (excluding diaryl/α,β-unsaturated/α-hetero) is 1. The Kier molecular flexibility index (Phi) is 3.38. The maximum Gasteiger partial charge on any atom is 0.133 e. The Bertz CT molecular complexity index is 345. The largest absolute Gasteiger partial charge is 0.390 e. The number of ketones is 1. The molecule has 0 aromatic rings. The highest BCUT2D eigenvalue weighted by molar-refractivity contribution is 5.79. The fourth-order valence-electron chi connectivity index (χ4n) is 5.32. The van der Waals surface area contributed by atoms with Crippen molar-refractivity contribution >= 4 is 5.78 Å². The van der Waals surface area contributed by atoms with Gasteiger partial charge >= 0.3 is 0 Å². The van der Waals surface area contributed by atoms with E-state index in [2.05, 4.69) is 20.8 Å². The van der Waals surface area contributed by atoms with Gasteiger partial charge in [0, 0.05) is 5.92 Å². The molecule has 5 unspecified atom stereocenters. The van der Waals surface area contributed by atoms with Crippen LogP contribution in [0.2, 0.25) is 0 Å². The first-order chi connectivity index (χ1) is 8.21. The van der Waals surface area contributed by atoms with Gasteiger partial charge in [-0.15, -0.1) is 0 Å². The molecule has 104 valence electrons. The average Bonchev–Trinajstić information content (AvgIpc) is 2.56. The van der Waals surface area contributed by atoms with E-state index in [4.69, 9.17) is 0 Å². The molecule has 18 heavy (non-hydrogen) atoms. The van der Waals surface area contributed by atoms with Crippen LogP contribution in [0.5, 0.6) is 0 Å². The molecule has 1 N–H and O–H groups in total. The molecule has 0 bridgehead atoms. The van der Waals surface area contributed by atoms with Crippen LogP contribution in [0.4, 0.5) is 0 Å². The van der Waals surface area contributed by atoms with E-state index in [1.807, 2.05) is 6.92 Å². The minimum absolute atomic E-state index is 0.00174. The van der Waals surface area contributed by atoms with Crippen LogP contribution in [0, 0.1) is 29.1 Å². The van der Waals surface area contributed by atoms with Crippen molar-refractivity contribution in [2.75, 3.05) is 0 Å². The molecule has 2 aliphatic carbocycles. The van der Waals surface area contributed by atoms with E-state index < -0.39 is 5.60 Å². The van der Waals surface area contributed by atoms with Gasteiger partial charge in [-0.3, -0.25) is 4.79 Å². The number of hydrogen-bond donors (Lipinski definition) is 1. The maximum atomic E-state index is 12.0. The van der Waals surface area contributed by atoms with E-state index in [1.54, 1.807) is 6.92 Å². The molecule has 0 aliphatic heterocycles. The average molecular weight is 252 g/mol. The monoisotopic (exact) mass is 252 g/mol. The summed E-state index contributed by atoms with van der Waals surface area (Å²) in [6.45, 7) is 10.5. The quantitative estimate of drug-likeness (QED) is 0.817. The smallest absolute Gasteiger partial charge is 0.133 e. The van der Waals surface area contributed by atoms with Crippen LogP contribution in [0.1, 0.15) is 60.3 Å². The van der Waals surface area contributed by atoms with Gasteiger partial charge in [0.2, 0.25) is 0 Å². The second-order valence-corrected chi connectivity index (χ2v) is 7.41. The summed E-state index contributed by atoms with van der Waals surface area (Å²) < 4.78 is 0. The van der Waals surface area contributed by atoms with Crippen molar-refractivity contribution in [2.24, 2.45) is 29.1 Å². The van der Waals surface area contributed by atoms with Crippen molar-refractivity contribution < 1.29 is 9.90 Å². The lowest BCUT2D eigenvalue weighted by molar-refractivity contribution is -0.145. The molecular weight excluding hydrogens is 224 g/mol. The Morgan fingerprint density at radius 1 is 1.22 bits per heavy atom. The van der Waals surface area contributed by atoms with Crippen LogP contribution in [0.3, 0.4) is 0 Å². The van der Waals surface area contributed by atoms with Crippen LogP contribution in [-0.2, 0) is 4.79 Å². The Morgan fingerprint density at radius 2 is 1.83 bits per heavy atom.